The van der Waals surface area contributed by atoms with Gasteiger partial charge in [-0.2, -0.15) is 8.42 Å². The fourth-order valence-corrected chi connectivity index (χ4v) is 2.69. The third-order valence-corrected chi connectivity index (χ3v) is 4.19. The molecule has 0 bridgehead atoms. The van der Waals surface area contributed by atoms with Gasteiger partial charge in [0.1, 0.15) is 22.3 Å². The van der Waals surface area contributed by atoms with E-state index >= 15 is 0 Å². The number of rotatable bonds is 3. The Morgan fingerprint density at radius 1 is 1.05 bits per heavy atom. The maximum absolute atomic E-state index is 13.5. The van der Waals surface area contributed by atoms with Crippen molar-refractivity contribution in [2.24, 2.45) is 0 Å². The second-order valence-corrected chi connectivity index (χ2v) is 5.82. The van der Waals surface area contributed by atoms with Gasteiger partial charge in [0.05, 0.1) is 0 Å². The zero-order valence-electron chi connectivity index (χ0n) is 10.9. The van der Waals surface area contributed by atoms with Crippen LogP contribution in [-0.4, -0.2) is 8.42 Å². The van der Waals surface area contributed by atoms with Gasteiger partial charge in [-0.1, -0.05) is 12.1 Å². The first-order valence-corrected chi connectivity index (χ1v) is 7.18. The Morgan fingerprint density at radius 2 is 1.75 bits per heavy atom. The zero-order chi connectivity index (χ0) is 14.9. The largest absolute Gasteiger partial charge is 0.379 e. The summed E-state index contributed by atoms with van der Waals surface area (Å²) < 4.78 is 55.3. The van der Waals surface area contributed by atoms with Crippen LogP contribution in [0.2, 0.25) is 0 Å². The van der Waals surface area contributed by atoms with Gasteiger partial charge in [-0.05, 0) is 43.2 Å². The maximum Gasteiger partial charge on any atom is 0.342 e. The van der Waals surface area contributed by atoms with Crippen molar-refractivity contribution in [1.29, 1.82) is 0 Å². The van der Waals surface area contributed by atoms with E-state index in [0.717, 1.165) is 17.7 Å². The van der Waals surface area contributed by atoms with Crippen molar-refractivity contribution in [3.8, 4) is 5.75 Å². The van der Waals surface area contributed by atoms with Gasteiger partial charge < -0.3 is 4.18 Å². The lowest BCUT2D eigenvalue weighted by Crippen LogP contribution is -2.12. The number of hydrogen-bond acceptors (Lipinski definition) is 3. The molecule has 0 heterocycles. The van der Waals surface area contributed by atoms with Crippen molar-refractivity contribution in [2.45, 2.75) is 18.7 Å². The molecule has 0 aromatic heterocycles. The maximum atomic E-state index is 13.5. The minimum absolute atomic E-state index is 0.119. The molecule has 2 rings (SSSR count). The van der Waals surface area contributed by atoms with Gasteiger partial charge in [-0.3, -0.25) is 0 Å². The van der Waals surface area contributed by atoms with Gasteiger partial charge in [0.2, 0.25) is 0 Å². The fraction of sp³-hybridized carbons (Fsp3) is 0.143. The molecule has 0 fully saturated rings. The highest BCUT2D eigenvalue weighted by molar-refractivity contribution is 7.87. The van der Waals surface area contributed by atoms with E-state index in [9.17, 15) is 17.2 Å². The van der Waals surface area contributed by atoms with Gasteiger partial charge in [0, 0.05) is 6.07 Å². The number of halogens is 2. The molecule has 0 aliphatic rings. The highest BCUT2D eigenvalue weighted by Gasteiger charge is 2.22. The first-order chi connectivity index (χ1) is 9.31. The zero-order valence-corrected chi connectivity index (χ0v) is 11.7. The summed E-state index contributed by atoms with van der Waals surface area (Å²) in [5.41, 5.74) is 1.48. The lowest BCUT2D eigenvalue weighted by molar-refractivity contribution is 0.472. The van der Waals surface area contributed by atoms with Crippen molar-refractivity contribution >= 4 is 10.1 Å². The Morgan fingerprint density at radius 3 is 2.40 bits per heavy atom. The van der Waals surface area contributed by atoms with Gasteiger partial charge in [-0.25, -0.2) is 8.78 Å². The molecule has 0 radical (unpaired) electrons. The average molecular weight is 298 g/mol. The van der Waals surface area contributed by atoms with Crippen LogP contribution in [0.15, 0.2) is 41.3 Å². The molecule has 2 aromatic rings. The highest BCUT2D eigenvalue weighted by atomic mass is 32.2. The highest BCUT2D eigenvalue weighted by Crippen LogP contribution is 2.26. The van der Waals surface area contributed by atoms with Gasteiger partial charge in [0.15, 0.2) is 0 Å². The summed E-state index contributed by atoms with van der Waals surface area (Å²) in [7, 11) is -4.34. The number of hydrogen-bond donors (Lipinski definition) is 0. The molecule has 0 saturated heterocycles. The van der Waals surface area contributed by atoms with E-state index in [1.165, 1.54) is 6.07 Å². The first-order valence-electron chi connectivity index (χ1n) is 5.77. The number of benzene rings is 2. The normalized spacial score (nSPS) is 11.4. The Labute approximate surface area is 115 Å². The predicted octanol–water partition coefficient (Wildman–Crippen LogP) is 3.35. The van der Waals surface area contributed by atoms with Crippen LogP contribution in [0.25, 0.3) is 0 Å². The molecule has 0 amide bonds. The topological polar surface area (TPSA) is 43.4 Å². The summed E-state index contributed by atoms with van der Waals surface area (Å²) >= 11 is 0. The van der Waals surface area contributed by atoms with E-state index in [1.54, 1.807) is 26.0 Å². The van der Waals surface area contributed by atoms with Crippen molar-refractivity contribution in [3.63, 3.8) is 0 Å². The second-order valence-electron chi connectivity index (χ2n) is 4.31. The van der Waals surface area contributed by atoms with Crippen LogP contribution in [0.3, 0.4) is 0 Å². The summed E-state index contributed by atoms with van der Waals surface area (Å²) in [5, 5.41) is 0. The Bertz CT molecular complexity index is 755. The van der Waals surface area contributed by atoms with E-state index in [1.807, 2.05) is 0 Å². The van der Waals surface area contributed by atoms with Crippen molar-refractivity contribution in [2.75, 3.05) is 0 Å². The molecule has 6 heteroatoms. The average Bonchev–Trinajstić information content (AvgIpc) is 2.34. The Kier molecular flexibility index (Phi) is 3.76. The first kappa shape index (κ1) is 14.5. The van der Waals surface area contributed by atoms with E-state index < -0.39 is 26.6 Å². The van der Waals surface area contributed by atoms with Crippen LogP contribution in [0.4, 0.5) is 8.78 Å². The fourth-order valence-electron chi connectivity index (χ4n) is 1.66. The minimum Gasteiger partial charge on any atom is -0.379 e. The SMILES string of the molecule is Cc1cccc(OS(=O)(=O)c2ccc(F)cc2F)c1C. The molecule has 0 unspecified atom stereocenters. The molecule has 20 heavy (non-hydrogen) atoms. The summed E-state index contributed by atoms with van der Waals surface area (Å²) in [6.45, 7) is 3.49. The predicted molar refractivity (Wildman–Crippen MR) is 70.1 cm³/mol. The Hall–Kier alpha value is -1.95. The van der Waals surface area contributed by atoms with Crippen LogP contribution in [0, 0.1) is 25.5 Å². The summed E-state index contributed by atoms with van der Waals surface area (Å²) in [6.07, 6.45) is 0. The monoisotopic (exact) mass is 298 g/mol. The number of aryl methyl sites for hydroxylation is 1. The molecule has 0 aliphatic heterocycles. The lowest BCUT2D eigenvalue weighted by Gasteiger charge is -2.11. The van der Waals surface area contributed by atoms with E-state index in [4.69, 9.17) is 4.18 Å². The molecule has 0 saturated carbocycles. The van der Waals surface area contributed by atoms with Crippen molar-refractivity contribution in [1.82, 2.24) is 0 Å². The Balaban J connectivity index is 2.44. The second kappa shape index (κ2) is 5.20. The van der Waals surface area contributed by atoms with Crippen molar-refractivity contribution < 1.29 is 21.4 Å². The molecule has 0 atom stereocenters. The third-order valence-electron chi connectivity index (χ3n) is 2.92. The van der Waals surface area contributed by atoms with Crippen LogP contribution in [0.1, 0.15) is 11.1 Å². The molecule has 0 aliphatic carbocycles. The van der Waals surface area contributed by atoms with Crippen LogP contribution in [0.5, 0.6) is 5.75 Å². The van der Waals surface area contributed by atoms with Gasteiger partial charge in [0.25, 0.3) is 0 Å². The summed E-state index contributed by atoms with van der Waals surface area (Å²) in [5.74, 6) is -1.92. The summed E-state index contributed by atoms with van der Waals surface area (Å²) in [6, 6.07) is 7.11. The standard InChI is InChI=1S/C14H12F2O3S/c1-9-4-3-5-13(10(9)2)19-20(17,18)14-7-6-11(15)8-12(14)16/h3-8H,1-2H3. The quantitative estimate of drug-likeness (QED) is 0.816. The van der Waals surface area contributed by atoms with Crippen LogP contribution < -0.4 is 4.18 Å². The third kappa shape index (κ3) is 2.80. The molecule has 106 valence electrons. The smallest absolute Gasteiger partial charge is 0.342 e. The molecule has 3 nitrogen and oxygen atoms in total. The van der Waals surface area contributed by atoms with Gasteiger partial charge >= 0.3 is 10.1 Å². The van der Waals surface area contributed by atoms with E-state index in [-0.39, 0.29) is 5.75 Å². The molecular formula is C14H12F2O3S. The molecule has 0 N–H and O–H groups in total. The van der Waals surface area contributed by atoms with Crippen LogP contribution >= 0.6 is 0 Å². The summed E-state index contributed by atoms with van der Waals surface area (Å²) in [4.78, 5) is -0.695. The lowest BCUT2D eigenvalue weighted by atomic mass is 10.1. The van der Waals surface area contributed by atoms with E-state index in [2.05, 4.69) is 0 Å². The molecular weight excluding hydrogens is 286 g/mol. The van der Waals surface area contributed by atoms with Crippen LogP contribution in [-0.2, 0) is 10.1 Å². The van der Waals surface area contributed by atoms with Gasteiger partial charge in [-0.15, -0.1) is 0 Å². The van der Waals surface area contributed by atoms with E-state index in [0.29, 0.717) is 11.6 Å². The molecule has 2 aromatic carbocycles. The molecule has 0 spiro atoms. The van der Waals surface area contributed by atoms with Crippen molar-refractivity contribution in [3.05, 3.63) is 59.2 Å². The minimum atomic E-state index is -4.34.